The Morgan fingerprint density at radius 3 is 2.23 bits per heavy atom. The van der Waals surface area contributed by atoms with Crippen LogP contribution in [0.3, 0.4) is 0 Å². The number of furan rings is 1. The molecule has 7 nitrogen and oxygen atoms in total. The summed E-state index contributed by atoms with van der Waals surface area (Å²) in [6.07, 6.45) is 0.345. The molecule has 0 saturated heterocycles. The first-order chi connectivity index (χ1) is 14.8. The highest BCUT2D eigenvalue weighted by Crippen LogP contribution is 2.20. The minimum Gasteiger partial charge on any atom is -0.459 e. The third kappa shape index (κ3) is 5.60. The van der Waals surface area contributed by atoms with Crippen molar-refractivity contribution in [2.24, 2.45) is 0 Å². The first-order valence-electron chi connectivity index (χ1n) is 9.91. The van der Waals surface area contributed by atoms with Gasteiger partial charge in [0.1, 0.15) is 0 Å². The number of carbonyl (C=O) groups excluding carboxylic acids is 3. The summed E-state index contributed by atoms with van der Waals surface area (Å²) in [5.41, 5.74) is 2.16. The Kier molecular flexibility index (Phi) is 6.87. The third-order valence-corrected chi connectivity index (χ3v) is 4.64. The number of para-hydroxylation sites is 1. The molecule has 1 heterocycles. The SMILES string of the molecule is CC(C)c1ccc(NC(=O)[C@@H](C)OC(=O)c2ccccc2NC(=O)c2ccco2)cc1. The van der Waals surface area contributed by atoms with Crippen LogP contribution < -0.4 is 10.6 Å². The average molecular weight is 420 g/mol. The van der Waals surface area contributed by atoms with Gasteiger partial charge in [0.25, 0.3) is 11.8 Å². The van der Waals surface area contributed by atoms with Crippen molar-refractivity contribution in [1.29, 1.82) is 0 Å². The van der Waals surface area contributed by atoms with Crippen LogP contribution in [-0.4, -0.2) is 23.9 Å². The summed E-state index contributed by atoms with van der Waals surface area (Å²) in [4.78, 5) is 37.3. The molecule has 0 radical (unpaired) electrons. The van der Waals surface area contributed by atoms with E-state index in [1.165, 1.54) is 25.3 Å². The van der Waals surface area contributed by atoms with Gasteiger partial charge < -0.3 is 19.8 Å². The number of ether oxygens (including phenoxy) is 1. The van der Waals surface area contributed by atoms with Gasteiger partial charge in [-0.15, -0.1) is 0 Å². The summed E-state index contributed by atoms with van der Waals surface area (Å²) in [5, 5.41) is 5.35. The van der Waals surface area contributed by atoms with E-state index in [-0.39, 0.29) is 17.0 Å². The van der Waals surface area contributed by atoms with E-state index in [9.17, 15) is 14.4 Å². The number of nitrogens with one attached hydrogen (secondary N) is 2. The van der Waals surface area contributed by atoms with Crippen molar-refractivity contribution in [1.82, 2.24) is 0 Å². The number of amides is 2. The maximum Gasteiger partial charge on any atom is 0.341 e. The fourth-order valence-corrected chi connectivity index (χ4v) is 2.83. The molecule has 0 aliphatic heterocycles. The number of carbonyl (C=O) groups is 3. The van der Waals surface area contributed by atoms with Gasteiger partial charge in [0, 0.05) is 5.69 Å². The number of esters is 1. The van der Waals surface area contributed by atoms with Gasteiger partial charge in [-0.25, -0.2) is 4.79 Å². The third-order valence-electron chi connectivity index (χ3n) is 4.64. The molecule has 0 aliphatic carbocycles. The molecule has 0 unspecified atom stereocenters. The number of anilines is 2. The second-order valence-electron chi connectivity index (χ2n) is 7.29. The largest absolute Gasteiger partial charge is 0.459 e. The van der Waals surface area contributed by atoms with E-state index in [0.717, 1.165) is 5.56 Å². The topological polar surface area (TPSA) is 97.6 Å². The molecule has 0 spiro atoms. The second kappa shape index (κ2) is 9.75. The van der Waals surface area contributed by atoms with Gasteiger partial charge in [-0.3, -0.25) is 9.59 Å². The maximum atomic E-state index is 12.6. The molecular weight excluding hydrogens is 396 g/mol. The lowest BCUT2D eigenvalue weighted by Gasteiger charge is -2.15. The molecule has 31 heavy (non-hydrogen) atoms. The summed E-state index contributed by atoms with van der Waals surface area (Å²) >= 11 is 0. The van der Waals surface area contributed by atoms with Gasteiger partial charge in [0.2, 0.25) is 0 Å². The summed E-state index contributed by atoms with van der Waals surface area (Å²) in [5.74, 6) is -1.19. The highest BCUT2D eigenvalue weighted by Gasteiger charge is 2.22. The van der Waals surface area contributed by atoms with Crippen LogP contribution in [-0.2, 0) is 9.53 Å². The Bertz CT molecular complexity index is 1060. The molecule has 2 amide bonds. The average Bonchev–Trinajstić information content (AvgIpc) is 3.29. The Morgan fingerprint density at radius 1 is 0.871 bits per heavy atom. The lowest BCUT2D eigenvalue weighted by molar-refractivity contribution is -0.123. The molecule has 1 aromatic heterocycles. The predicted molar refractivity (Wildman–Crippen MR) is 117 cm³/mol. The zero-order valence-electron chi connectivity index (χ0n) is 17.5. The Labute approximate surface area is 180 Å². The molecule has 2 N–H and O–H groups in total. The highest BCUT2D eigenvalue weighted by atomic mass is 16.5. The van der Waals surface area contributed by atoms with Gasteiger partial charge in [0.15, 0.2) is 11.9 Å². The molecule has 7 heteroatoms. The molecule has 1 atom stereocenters. The smallest absolute Gasteiger partial charge is 0.341 e. The molecule has 0 fully saturated rings. The molecule has 3 rings (SSSR count). The number of rotatable bonds is 7. The van der Waals surface area contributed by atoms with E-state index in [0.29, 0.717) is 11.6 Å². The predicted octanol–water partition coefficient (Wildman–Crippen LogP) is 4.84. The fraction of sp³-hybridized carbons (Fsp3) is 0.208. The van der Waals surface area contributed by atoms with Gasteiger partial charge in [-0.2, -0.15) is 0 Å². The Hall–Kier alpha value is -3.87. The Morgan fingerprint density at radius 2 is 1.58 bits per heavy atom. The first-order valence-corrected chi connectivity index (χ1v) is 9.91. The number of hydrogen-bond donors (Lipinski definition) is 2. The molecule has 2 aromatic carbocycles. The van der Waals surface area contributed by atoms with E-state index < -0.39 is 23.9 Å². The van der Waals surface area contributed by atoms with Crippen LogP contribution in [0.1, 0.15) is 53.2 Å². The van der Waals surface area contributed by atoms with Gasteiger partial charge in [0.05, 0.1) is 17.5 Å². The van der Waals surface area contributed by atoms with E-state index in [2.05, 4.69) is 24.5 Å². The van der Waals surface area contributed by atoms with Crippen molar-refractivity contribution >= 4 is 29.2 Å². The number of benzene rings is 2. The van der Waals surface area contributed by atoms with Crippen molar-refractivity contribution in [3.8, 4) is 0 Å². The standard InChI is InChI=1S/C24H24N2O5/c1-15(2)17-10-12-18(13-11-17)25-22(27)16(3)31-24(29)19-7-4-5-8-20(19)26-23(28)21-9-6-14-30-21/h4-16H,1-3H3,(H,25,27)(H,26,28)/t16-/m1/s1. The van der Waals surface area contributed by atoms with Gasteiger partial charge in [-0.1, -0.05) is 38.1 Å². The number of hydrogen-bond acceptors (Lipinski definition) is 5. The maximum absolute atomic E-state index is 12.6. The fourth-order valence-electron chi connectivity index (χ4n) is 2.83. The molecule has 0 bridgehead atoms. The van der Waals surface area contributed by atoms with Crippen molar-refractivity contribution in [3.05, 3.63) is 83.8 Å². The van der Waals surface area contributed by atoms with Crippen LogP contribution in [0.5, 0.6) is 0 Å². The quantitative estimate of drug-likeness (QED) is 0.533. The molecule has 160 valence electrons. The van der Waals surface area contributed by atoms with E-state index >= 15 is 0 Å². The molecule has 3 aromatic rings. The molecular formula is C24H24N2O5. The van der Waals surface area contributed by atoms with Crippen LogP contribution in [0.4, 0.5) is 11.4 Å². The summed E-state index contributed by atoms with van der Waals surface area (Å²) in [6, 6.07) is 17.0. The summed E-state index contributed by atoms with van der Waals surface area (Å²) < 4.78 is 10.4. The van der Waals surface area contributed by atoms with Crippen molar-refractivity contribution in [2.45, 2.75) is 32.8 Å². The molecule has 0 saturated carbocycles. The molecule has 0 aliphatic rings. The van der Waals surface area contributed by atoms with Crippen LogP contribution in [0.25, 0.3) is 0 Å². The van der Waals surface area contributed by atoms with Gasteiger partial charge >= 0.3 is 5.97 Å². The van der Waals surface area contributed by atoms with Crippen LogP contribution in [0.15, 0.2) is 71.3 Å². The lowest BCUT2D eigenvalue weighted by atomic mass is 10.0. The highest BCUT2D eigenvalue weighted by molar-refractivity contribution is 6.07. The summed E-state index contributed by atoms with van der Waals surface area (Å²) in [7, 11) is 0. The first kappa shape index (κ1) is 21.8. The van der Waals surface area contributed by atoms with Crippen LogP contribution >= 0.6 is 0 Å². The van der Waals surface area contributed by atoms with E-state index in [1.54, 1.807) is 36.4 Å². The normalized spacial score (nSPS) is 11.6. The van der Waals surface area contributed by atoms with E-state index in [4.69, 9.17) is 9.15 Å². The zero-order valence-corrected chi connectivity index (χ0v) is 17.5. The van der Waals surface area contributed by atoms with Crippen LogP contribution in [0.2, 0.25) is 0 Å². The van der Waals surface area contributed by atoms with Gasteiger partial charge in [-0.05, 0) is 54.8 Å². The summed E-state index contributed by atoms with van der Waals surface area (Å²) in [6.45, 7) is 5.66. The van der Waals surface area contributed by atoms with Crippen molar-refractivity contribution in [3.63, 3.8) is 0 Å². The van der Waals surface area contributed by atoms with Crippen LogP contribution in [0, 0.1) is 0 Å². The van der Waals surface area contributed by atoms with E-state index in [1.807, 2.05) is 12.1 Å². The lowest BCUT2D eigenvalue weighted by Crippen LogP contribution is -2.30. The zero-order chi connectivity index (χ0) is 22.4. The van der Waals surface area contributed by atoms with Crippen molar-refractivity contribution < 1.29 is 23.5 Å². The Balaban J connectivity index is 1.64. The monoisotopic (exact) mass is 420 g/mol. The van der Waals surface area contributed by atoms with Crippen molar-refractivity contribution in [2.75, 3.05) is 10.6 Å². The minimum absolute atomic E-state index is 0.111. The second-order valence-corrected chi connectivity index (χ2v) is 7.29. The minimum atomic E-state index is -1.04.